The fourth-order valence-electron chi connectivity index (χ4n) is 6.44. The number of thioether (sulfide) groups is 1. The number of imide groups is 1. The van der Waals surface area contributed by atoms with Gasteiger partial charge in [0.05, 0.1) is 0 Å². The number of unbranched alkanes of at least 4 members (excludes halogenated alkanes) is 12. The minimum absolute atomic E-state index is 0.0878. The molecule has 40 heavy (non-hydrogen) atoms. The van der Waals surface area contributed by atoms with Crippen molar-refractivity contribution in [2.45, 2.75) is 133 Å². The van der Waals surface area contributed by atoms with Crippen molar-refractivity contribution in [2.75, 3.05) is 25.4 Å². The molecule has 2 saturated heterocycles. The Morgan fingerprint density at radius 1 is 0.775 bits per heavy atom. The number of nitrogens with one attached hydrogen (secondary N) is 1. The third kappa shape index (κ3) is 9.61. The van der Waals surface area contributed by atoms with E-state index in [4.69, 9.17) is 0 Å². The first-order valence-electron chi connectivity index (χ1n) is 16.2. The van der Waals surface area contributed by atoms with Gasteiger partial charge in [-0.05, 0) is 75.2 Å². The van der Waals surface area contributed by atoms with Crippen LogP contribution in [0.4, 0.5) is 0 Å². The van der Waals surface area contributed by atoms with Gasteiger partial charge in [0, 0.05) is 23.4 Å². The summed E-state index contributed by atoms with van der Waals surface area (Å²) in [7, 11) is 0. The second-order valence-electron chi connectivity index (χ2n) is 12.0. The van der Waals surface area contributed by atoms with Gasteiger partial charge in [-0.15, -0.1) is 11.8 Å². The summed E-state index contributed by atoms with van der Waals surface area (Å²) in [5, 5.41) is 2.38. The lowest BCUT2D eigenvalue weighted by atomic mass is 10.0. The SMILES string of the molecule is O=C1CCC(N2Cc3c(SCCCCCCCCCCCCCCCN4CCCCC4)cccc3C2=O)C(=O)N1. The highest BCUT2D eigenvalue weighted by Crippen LogP contribution is 2.34. The molecule has 222 valence electrons. The van der Waals surface area contributed by atoms with Crippen LogP contribution in [0.3, 0.4) is 0 Å². The molecular formula is C33H51N3O3S. The molecule has 3 heterocycles. The topological polar surface area (TPSA) is 69.7 Å². The van der Waals surface area contributed by atoms with Crippen molar-refractivity contribution in [1.82, 2.24) is 15.1 Å². The van der Waals surface area contributed by atoms with Gasteiger partial charge in [-0.1, -0.05) is 83.1 Å². The zero-order chi connectivity index (χ0) is 28.0. The van der Waals surface area contributed by atoms with E-state index in [-0.39, 0.29) is 24.1 Å². The highest BCUT2D eigenvalue weighted by atomic mass is 32.2. The molecule has 1 unspecified atom stereocenters. The van der Waals surface area contributed by atoms with Crippen molar-refractivity contribution in [3.05, 3.63) is 29.3 Å². The first-order chi connectivity index (χ1) is 19.6. The Morgan fingerprint density at radius 2 is 1.40 bits per heavy atom. The average Bonchev–Trinajstić information content (AvgIpc) is 3.30. The molecule has 6 nitrogen and oxygen atoms in total. The van der Waals surface area contributed by atoms with Crippen molar-refractivity contribution < 1.29 is 14.4 Å². The summed E-state index contributed by atoms with van der Waals surface area (Å²) in [5.74, 6) is 0.373. The van der Waals surface area contributed by atoms with E-state index < -0.39 is 6.04 Å². The molecular weight excluding hydrogens is 518 g/mol. The summed E-state index contributed by atoms with van der Waals surface area (Å²) < 4.78 is 0. The van der Waals surface area contributed by atoms with E-state index in [2.05, 4.69) is 16.3 Å². The van der Waals surface area contributed by atoms with E-state index in [9.17, 15) is 14.4 Å². The maximum Gasteiger partial charge on any atom is 0.255 e. The summed E-state index contributed by atoms with van der Waals surface area (Å²) in [4.78, 5) is 42.3. The number of nitrogens with zero attached hydrogens (tertiary/aromatic N) is 2. The van der Waals surface area contributed by atoms with E-state index in [0.29, 0.717) is 18.5 Å². The zero-order valence-electron chi connectivity index (χ0n) is 24.6. The summed E-state index contributed by atoms with van der Waals surface area (Å²) >= 11 is 1.83. The molecule has 3 amide bonds. The third-order valence-electron chi connectivity index (χ3n) is 8.86. The van der Waals surface area contributed by atoms with Gasteiger partial charge in [-0.3, -0.25) is 19.7 Å². The first kappa shape index (κ1) is 31.1. The lowest BCUT2D eigenvalue weighted by molar-refractivity contribution is -0.136. The fraction of sp³-hybridized carbons (Fsp3) is 0.727. The molecule has 0 aliphatic carbocycles. The number of rotatable bonds is 18. The summed E-state index contributed by atoms with van der Waals surface area (Å²) in [6, 6.07) is 5.36. The average molecular weight is 570 g/mol. The molecule has 7 heteroatoms. The fourth-order valence-corrected chi connectivity index (χ4v) is 7.53. The van der Waals surface area contributed by atoms with Crippen LogP contribution in [0, 0.1) is 0 Å². The van der Waals surface area contributed by atoms with Crippen LogP contribution in [0.15, 0.2) is 23.1 Å². The second-order valence-corrected chi connectivity index (χ2v) is 13.2. The molecule has 3 aliphatic rings. The number of carbonyl (C=O) groups excluding carboxylic acids is 3. The van der Waals surface area contributed by atoms with Crippen LogP contribution in [0.5, 0.6) is 0 Å². The summed E-state index contributed by atoms with van der Waals surface area (Å²) in [5.41, 5.74) is 1.75. The number of benzene rings is 1. The van der Waals surface area contributed by atoms with Gasteiger partial charge >= 0.3 is 0 Å². The van der Waals surface area contributed by atoms with Crippen LogP contribution >= 0.6 is 11.8 Å². The van der Waals surface area contributed by atoms with Crippen molar-refractivity contribution >= 4 is 29.5 Å². The highest BCUT2D eigenvalue weighted by Gasteiger charge is 2.39. The van der Waals surface area contributed by atoms with Gasteiger partial charge in [-0.2, -0.15) is 0 Å². The molecule has 3 aliphatic heterocycles. The summed E-state index contributed by atoms with van der Waals surface area (Å²) in [6.45, 7) is 4.47. The second kappa shape index (κ2) is 17.2. The van der Waals surface area contributed by atoms with Gasteiger partial charge in [-0.25, -0.2) is 0 Å². The summed E-state index contributed by atoms with van der Waals surface area (Å²) in [6.07, 6.45) is 22.7. The van der Waals surface area contributed by atoms with E-state index in [1.54, 1.807) is 4.90 Å². The van der Waals surface area contributed by atoms with Crippen LogP contribution < -0.4 is 5.32 Å². The van der Waals surface area contributed by atoms with Crippen LogP contribution in [-0.2, 0) is 16.1 Å². The van der Waals surface area contributed by atoms with Gasteiger partial charge in [0.25, 0.3) is 5.91 Å². The minimum atomic E-state index is -0.547. The normalized spacial score (nSPS) is 19.8. The van der Waals surface area contributed by atoms with E-state index in [1.807, 2.05) is 23.9 Å². The van der Waals surface area contributed by atoms with Gasteiger partial charge < -0.3 is 9.80 Å². The van der Waals surface area contributed by atoms with Crippen molar-refractivity contribution in [3.8, 4) is 0 Å². The molecule has 0 saturated carbocycles. The third-order valence-corrected chi connectivity index (χ3v) is 10.1. The Kier molecular flexibility index (Phi) is 13.3. The molecule has 0 bridgehead atoms. The Balaban J connectivity index is 0.982. The molecule has 1 atom stereocenters. The Hall–Kier alpha value is -1.86. The van der Waals surface area contributed by atoms with Gasteiger partial charge in [0.15, 0.2) is 0 Å². The maximum atomic E-state index is 13.0. The molecule has 0 spiro atoms. The van der Waals surface area contributed by atoms with E-state index in [1.165, 1.54) is 122 Å². The molecule has 4 rings (SSSR count). The molecule has 1 aromatic rings. The van der Waals surface area contributed by atoms with E-state index in [0.717, 1.165) is 16.2 Å². The number of likely N-dealkylation sites (tertiary alicyclic amines) is 1. The minimum Gasteiger partial charge on any atom is -0.322 e. The number of hydrogen-bond donors (Lipinski definition) is 1. The van der Waals surface area contributed by atoms with Crippen molar-refractivity contribution in [3.63, 3.8) is 0 Å². The monoisotopic (exact) mass is 569 g/mol. The first-order valence-corrected chi connectivity index (χ1v) is 17.2. The van der Waals surface area contributed by atoms with Gasteiger partial charge in [0.2, 0.25) is 11.8 Å². The van der Waals surface area contributed by atoms with Crippen LogP contribution in [0.1, 0.15) is 131 Å². The maximum absolute atomic E-state index is 13.0. The van der Waals surface area contributed by atoms with Crippen molar-refractivity contribution in [1.29, 1.82) is 0 Å². The van der Waals surface area contributed by atoms with Crippen LogP contribution in [0.2, 0.25) is 0 Å². The van der Waals surface area contributed by atoms with E-state index >= 15 is 0 Å². The zero-order valence-corrected chi connectivity index (χ0v) is 25.4. The van der Waals surface area contributed by atoms with Crippen LogP contribution in [-0.4, -0.2) is 59.0 Å². The Morgan fingerprint density at radius 3 is 2.05 bits per heavy atom. The number of fused-ring (bicyclic) bond motifs is 1. The number of carbonyl (C=O) groups is 3. The molecule has 1 aromatic carbocycles. The molecule has 1 N–H and O–H groups in total. The quantitative estimate of drug-likeness (QED) is 0.116. The lowest BCUT2D eigenvalue weighted by Gasteiger charge is -2.29. The largest absolute Gasteiger partial charge is 0.322 e. The van der Waals surface area contributed by atoms with Gasteiger partial charge in [0.1, 0.15) is 6.04 Å². The van der Waals surface area contributed by atoms with Crippen molar-refractivity contribution in [2.24, 2.45) is 0 Å². The predicted molar refractivity (Wildman–Crippen MR) is 164 cm³/mol. The number of amides is 3. The molecule has 2 fully saturated rings. The standard InChI is InChI=1S/C33H51N3O3S/c37-31-21-20-29(32(38)34-31)36-26-28-27(33(36)39)18-17-19-30(28)40-25-16-11-9-7-5-3-1-2-4-6-8-10-13-22-35-23-14-12-15-24-35/h17-19,29H,1-16,20-26H2,(H,34,37,38). The predicted octanol–water partition coefficient (Wildman–Crippen LogP) is 7.10. The molecule has 0 aromatic heterocycles. The smallest absolute Gasteiger partial charge is 0.255 e. The Labute approximate surface area is 246 Å². The van der Waals surface area contributed by atoms with Crippen LogP contribution in [0.25, 0.3) is 0 Å². The number of hydrogen-bond acceptors (Lipinski definition) is 5. The number of piperidine rings is 2. The lowest BCUT2D eigenvalue weighted by Crippen LogP contribution is -2.52. The molecule has 0 radical (unpaired) electrons. The highest BCUT2D eigenvalue weighted by molar-refractivity contribution is 7.99. The Bertz CT molecular complexity index is 962.